The third-order valence-corrected chi connectivity index (χ3v) is 5.21. The van der Waals surface area contributed by atoms with E-state index in [2.05, 4.69) is 19.6 Å². The largest absolute Gasteiger partial charge is 0.469 e. The second-order valence-electron chi connectivity index (χ2n) is 7.58. The Labute approximate surface area is 202 Å². The lowest BCUT2D eigenvalue weighted by Gasteiger charge is -2.19. The fourth-order valence-electron chi connectivity index (χ4n) is 2.98. The molecule has 11 heteroatoms. The predicted molar refractivity (Wildman–Crippen MR) is 127 cm³/mol. The van der Waals surface area contributed by atoms with Gasteiger partial charge in [0, 0.05) is 24.6 Å². The summed E-state index contributed by atoms with van der Waals surface area (Å²) in [5, 5.41) is 9.94. The van der Waals surface area contributed by atoms with E-state index < -0.39 is 17.9 Å². The Morgan fingerprint density at radius 1 is 1.18 bits per heavy atom. The molecule has 0 radical (unpaired) electrons. The van der Waals surface area contributed by atoms with Gasteiger partial charge >= 0.3 is 5.97 Å². The van der Waals surface area contributed by atoms with E-state index in [0.29, 0.717) is 28.5 Å². The van der Waals surface area contributed by atoms with Gasteiger partial charge in [0.15, 0.2) is 18.0 Å². The molecule has 34 heavy (non-hydrogen) atoms. The van der Waals surface area contributed by atoms with Crippen molar-refractivity contribution < 1.29 is 33.0 Å². The molecular formula is C23H28FN3O6S. The summed E-state index contributed by atoms with van der Waals surface area (Å²) in [6, 6.07) is 5.81. The number of allylic oxidation sites excluding steroid dienone is 1. The molecule has 1 atom stereocenters. The van der Waals surface area contributed by atoms with E-state index in [-0.39, 0.29) is 24.5 Å². The fraction of sp³-hybridized carbons (Fsp3) is 0.391. The highest BCUT2D eigenvalue weighted by Crippen LogP contribution is 2.32. The van der Waals surface area contributed by atoms with Crippen LogP contribution in [-0.2, 0) is 23.5 Å². The molecule has 1 aromatic heterocycles. The first kappa shape index (κ1) is 27.4. The quantitative estimate of drug-likeness (QED) is 0.117. The van der Waals surface area contributed by atoms with Crippen LogP contribution in [0.5, 0.6) is 0 Å². The van der Waals surface area contributed by atoms with Crippen LogP contribution in [0.1, 0.15) is 43.9 Å². The molecule has 184 valence electrons. The number of benzene rings is 1. The van der Waals surface area contributed by atoms with Crippen molar-refractivity contribution in [3.63, 3.8) is 0 Å². The standard InChI is InChI=1S/C23H28FN3O6S/c1-14(2)21-19(11-10-17(28)12-18(29)13-20(30)31-4)22(15-6-8-16(24)9-7-15)26-23(25-21)27(3)34-33-32-5/h6-11,14,18,29H,12-13H2,1-5H3/b11-10+/t18-/m1/s1. The van der Waals surface area contributed by atoms with Gasteiger partial charge in [-0.2, -0.15) is 0 Å². The topological polar surface area (TPSA) is 111 Å². The lowest BCUT2D eigenvalue weighted by atomic mass is 9.97. The van der Waals surface area contributed by atoms with Crippen LogP contribution in [-0.4, -0.2) is 54.2 Å². The summed E-state index contributed by atoms with van der Waals surface area (Å²) >= 11 is 0.882. The van der Waals surface area contributed by atoms with Crippen LogP contribution in [0.25, 0.3) is 17.3 Å². The molecule has 0 aliphatic carbocycles. The smallest absolute Gasteiger partial charge is 0.308 e. The normalized spacial score (nSPS) is 12.2. The summed E-state index contributed by atoms with van der Waals surface area (Å²) in [5.41, 5.74) is 2.33. The summed E-state index contributed by atoms with van der Waals surface area (Å²) in [6.07, 6.45) is 1.20. The molecule has 0 unspecified atom stereocenters. The van der Waals surface area contributed by atoms with Crippen molar-refractivity contribution in [2.75, 3.05) is 25.6 Å². The number of carbonyl (C=O) groups excluding carboxylic acids is 2. The van der Waals surface area contributed by atoms with E-state index >= 15 is 0 Å². The summed E-state index contributed by atoms with van der Waals surface area (Å²) < 4.78 is 24.5. The number of nitrogens with zero attached hydrogens (tertiary/aromatic N) is 3. The van der Waals surface area contributed by atoms with E-state index in [0.717, 1.165) is 12.2 Å². The maximum absolute atomic E-state index is 13.6. The second kappa shape index (κ2) is 13.1. The number of aliphatic hydroxyl groups excluding tert-OH is 1. The maximum Gasteiger partial charge on any atom is 0.308 e. The summed E-state index contributed by atoms with van der Waals surface area (Å²) in [6.45, 7) is 3.89. The van der Waals surface area contributed by atoms with Gasteiger partial charge < -0.3 is 9.84 Å². The van der Waals surface area contributed by atoms with Crippen molar-refractivity contribution in [2.45, 2.75) is 38.7 Å². The molecule has 0 spiro atoms. The Morgan fingerprint density at radius 2 is 1.85 bits per heavy atom. The van der Waals surface area contributed by atoms with Crippen LogP contribution in [0.2, 0.25) is 0 Å². The molecule has 2 rings (SSSR count). The molecule has 1 N–H and O–H groups in total. The van der Waals surface area contributed by atoms with Crippen molar-refractivity contribution >= 4 is 36.0 Å². The number of aromatic nitrogens is 2. The molecule has 0 saturated carbocycles. The highest BCUT2D eigenvalue weighted by molar-refractivity contribution is 7.95. The number of hydrogen-bond donors (Lipinski definition) is 1. The lowest BCUT2D eigenvalue weighted by molar-refractivity contribution is -0.160. The van der Waals surface area contributed by atoms with Crippen LogP contribution in [0.4, 0.5) is 10.3 Å². The molecule has 2 aromatic rings. The van der Waals surface area contributed by atoms with Crippen molar-refractivity contribution in [1.82, 2.24) is 9.97 Å². The first-order valence-electron chi connectivity index (χ1n) is 10.4. The number of anilines is 1. The number of rotatable bonds is 12. The number of esters is 1. The number of hydrogen-bond acceptors (Lipinski definition) is 10. The minimum absolute atomic E-state index is 0.0534. The molecule has 0 saturated heterocycles. The predicted octanol–water partition coefficient (Wildman–Crippen LogP) is 3.88. The van der Waals surface area contributed by atoms with E-state index in [9.17, 15) is 19.1 Å². The molecule has 0 amide bonds. The molecule has 0 aliphatic rings. The first-order valence-corrected chi connectivity index (χ1v) is 11.1. The van der Waals surface area contributed by atoms with Gasteiger partial charge in [0.05, 0.1) is 38.1 Å². The van der Waals surface area contributed by atoms with E-state index in [1.54, 1.807) is 29.6 Å². The number of methoxy groups -OCH3 is 1. The van der Waals surface area contributed by atoms with E-state index in [1.165, 1.54) is 32.4 Å². The summed E-state index contributed by atoms with van der Waals surface area (Å²) in [7, 11) is 4.28. The zero-order chi connectivity index (χ0) is 25.3. The monoisotopic (exact) mass is 493 g/mol. The van der Waals surface area contributed by atoms with Crippen molar-refractivity contribution in [3.8, 4) is 11.3 Å². The van der Waals surface area contributed by atoms with Crippen molar-refractivity contribution in [1.29, 1.82) is 0 Å². The Balaban J connectivity index is 2.49. The number of ether oxygens (including phenoxy) is 1. The highest BCUT2D eigenvalue weighted by Gasteiger charge is 2.20. The number of ketones is 1. The number of aliphatic hydroxyl groups is 1. The van der Waals surface area contributed by atoms with Crippen LogP contribution in [0.3, 0.4) is 0 Å². The molecule has 9 nitrogen and oxygen atoms in total. The Kier molecular flexibility index (Phi) is 10.6. The first-order chi connectivity index (χ1) is 16.2. The van der Waals surface area contributed by atoms with Gasteiger partial charge in [0.1, 0.15) is 5.82 Å². The average Bonchev–Trinajstić information content (AvgIpc) is 2.80. The van der Waals surface area contributed by atoms with Gasteiger partial charge in [0.2, 0.25) is 5.95 Å². The van der Waals surface area contributed by atoms with Gasteiger partial charge in [0.25, 0.3) is 0 Å². The third-order valence-electron chi connectivity index (χ3n) is 4.62. The van der Waals surface area contributed by atoms with Crippen LogP contribution >= 0.6 is 12.2 Å². The summed E-state index contributed by atoms with van der Waals surface area (Å²) in [4.78, 5) is 37.6. The van der Waals surface area contributed by atoms with Gasteiger partial charge in [-0.25, -0.2) is 19.2 Å². The van der Waals surface area contributed by atoms with Crippen LogP contribution in [0.15, 0.2) is 30.3 Å². The number of carbonyl (C=O) groups is 2. The molecular weight excluding hydrogens is 465 g/mol. The van der Waals surface area contributed by atoms with Gasteiger partial charge in [-0.05, 0) is 42.3 Å². The maximum atomic E-state index is 13.6. The van der Waals surface area contributed by atoms with E-state index in [4.69, 9.17) is 4.33 Å². The Hall–Kier alpha value is -2.86. The molecule has 0 bridgehead atoms. The molecule has 1 aromatic carbocycles. The second-order valence-corrected chi connectivity index (χ2v) is 8.41. The highest BCUT2D eigenvalue weighted by atomic mass is 32.2. The third kappa shape index (κ3) is 7.87. The Morgan fingerprint density at radius 3 is 2.44 bits per heavy atom. The molecule has 1 heterocycles. The van der Waals surface area contributed by atoms with Crippen molar-refractivity contribution in [3.05, 3.63) is 47.4 Å². The minimum Gasteiger partial charge on any atom is -0.469 e. The average molecular weight is 494 g/mol. The lowest BCUT2D eigenvalue weighted by Crippen LogP contribution is -2.17. The van der Waals surface area contributed by atoms with Gasteiger partial charge in [-0.15, -0.1) is 4.33 Å². The minimum atomic E-state index is -1.16. The molecule has 0 fully saturated rings. The summed E-state index contributed by atoms with van der Waals surface area (Å²) in [5.74, 6) is -1.12. The van der Waals surface area contributed by atoms with Crippen LogP contribution < -0.4 is 4.31 Å². The molecule has 0 aliphatic heterocycles. The Bertz CT molecular complexity index is 1020. The zero-order valence-electron chi connectivity index (χ0n) is 19.6. The van der Waals surface area contributed by atoms with Gasteiger partial charge in [-0.3, -0.25) is 13.9 Å². The zero-order valence-corrected chi connectivity index (χ0v) is 20.5. The van der Waals surface area contributed by atoms with Gasteiger partial charge in [-0.1, -0.05) is 13.8 Å². The fourth-order valence-corrected chi connectivity index (χ4v) is 3.28. The van der Waals surface area contributed by atoms with E-state index in [1.807, 2.05) is 13.8 Å². The van der Waals surface area contributed by atoms with Crippen LogP contribution in [0, 0.1) is 5.82 Å². The SMILES string of the molecule is COOSN(C)c1nc(-c2ccc(F)cc2)c(/C=C/C(=O)C[C@@H](O)CC(=O)OC)c(C(C)C)n1. The van der Waals surface area contributed by atoms with Crippen molar-refractivity contribution in [2.24, 2.45) is 0 Å². The number of halogens is 1.